The quantitative estimate of drug-likeness (QED) is 0.0613. The maximum absolute atomic E-state index is 2.58. The Morgan fingerprint density at radius 2 is 0.750 bits per heavy atom. The normalized spacial score (nSPS) is 11.6. The van der Waals surface area contributed by atoms with Crippen LogP contribution in [0.5, 0.6) is 0 Å². The predicted octanol–water partition coefficient (Wildman–Crippen LogP) is 12.7. The van der Waals surface area contributed by atoms with E-state index in [1.165, 1.54) is 199 Å². The standard InChI is InChI=1S/C38H75N2/c1-4-7-9-11-13-15-17-19-20-21-22-24-26-28-30-32-34-38-39(6-3)36-37-40(38)35-33-31-29-27-25-23-18-16-14-12-10-8-5-2/h36-37H,4-35H2,1-3H3/q+1. The molecule has 0 radical (unpaired) electrons. The van der Waals surface area contributed by atoms with Crippen molar-refractivity contribution in [2.24, 2.45) is 0 Å². The number of aryl methyl sites for hydroxylation is 2. The average molecular weight is 560 g/mol. The number of unbranched alkanes of at least 4 members (excludes halogenated alkanes) is 27. The van der Waals surface area contributed by atoms with Crippen molar-refractivity contribution in [3.63, 3.8) is 0 Å². The fraction of sp³-hybridized carbons (Fsp3) is 0.921. The minimum Gasteiger partial charge on any atom is -0.235 e. The molecule has 0 amide bonds. The van der Waals surface area contributed by atoms with Crippen LogP contribution >= 0.6 is 0 Å². The Kier molecular flexibility index (Phi) is 27.6. The van der Waals surface area contributed by atoms with E-state index in [0.29, 0.717) is 0 Å². The minimum atomic E-state index is 1.11. The van der Waals surface area contributed by atoms with E-state index in [2.05, 4.69) is 42.3 Å². The number of aromatic nitrogens is 2. The smallest absolute Gasteiger partial charge is 0.235 e. The fourth-order valence-corrected chi connectivity index (χ4v) is 6.41. The van der Waals surface area contributed by atoms with Crippen molar-refractivity contribution < 1.29 is 4.57 Å². The van der Waals surface area contributed by atoms with Crippen LogP contribution in [0.3, 0.4) is 0 Å². The van der Waals surface area contributed by atoms with Crippen LogP contribution < -0.4 is 4.57 Å². The van der Waals surface area contributed by atoms with Crippen LogP contribution in [-0.4, -0.2) is 4.57 Å². The first kappa shape index (κ1) is 37.2. The van der Waals surface area contributed by atoms with E-state index >= 15 is 0 Å². The van der Waals surface area contributed by atoms with Gasteiger partial charge in [-0.25, -0.2) is 9.13 Å². The van der Waals surface area contributed by atoms with Crippen molar-refractivity contribution in [3.05, 3.63) is 18.2 Å². The molecule has 0 aliphatic heterocycles. The maximum atomic E-state index is 2.58. The van der Waals surface area contributed by atoms with Crippen LogP contribution in [0.4, 0.5) is 0 Å². The van der Waals surface area contributed by atoms with Gasteiger partial charge in [-0.05, 0) is 26.2 Å². The van der Waals surface area contributed by atoms with E-state index < -0.39 is 0 Å². The Labute approximate surface area is 253 Å². The lowest BCUT2D eigenvalue weighted by molar-refractivity contribution is -0.700. The SMILES string of the molecule is CCCCCCCCCCCCCCCCCCc1n(CCCCCCCCCCCCCCC)cc[n+]1CC. The molecule has 0 aromatic carbocycles. The van der Waals surface area contributed by atoms with Gasteiger partial charge < -0.3 is 0 Å². The number of hydrogen-bond donors (Lipinski definition) is 0. The lowest BCUT2D eigenvalue weighted by Crippen LogP contribution is -2.36. The largest absolute Gasteiger partial charge is 0.256 e. The molecule has 1 aromatic heterocycles. The third-order valence-corrected chi connectivity index (χ3v) is 9.19. The van der Waals surface area contributed by atoms with Gasteiger partial charge in [0.25, 0.3) is 5.82 Å². The predicted molar refractivity (Wildman–Crippen MR) is 179 cm³/mol. The first-order valence-electron chi connectivity index (χ1n) is 18.9. The molecule has 1 rings (SSSR count). The van der Waals surface area contributed by atoms with Gasteiger partial charge in [-0.3, -0.25) is 0 Å². The summed E-state index contributed by atoms with van der Waals surface area (Å²) in [4.78, 5) is 0. The summed E-state index contributed by atoms with van der Waals surface area (Å²) < 4.78 is 5.07. The second-order valence-electron chi connectivity index (χ2n) is 13.0. The van der Waals surface area contributed by atoms with Crippen LogP contribution in [0.2, 0.25) is 0 Å². The van der Waals surface area contributed by atoms with Gasteiger partial charge in [-0.1, -0.05) is 181 Å². The highest BCUT2D eigenvalue weighted by Gasteiger charge is 2.15. The van der Waals surface area contributed by atoms with E-state index in [9.17, 15) is 0 Å². The summed E-state index contributed by atoms with van der Waals surface area (Å²) in [6.45, 7) is 9.24. The fourth-order valence-electron chi connectivity index (χ4n) is 6.41. The number of hydrogen-bond acceptors (Lipinski definition) is 0. The lowest BCUT2D eigenvalue weighted by Gasteiger charge is -2.06. The third kappa shape index (κ3) is 21.9. The van der Waals surface area contributed by atoms with E-state index in [1.807, 2.05) is 0 Å². The summed E-state index contributed by atoms with van der Waals surface area (Å²) in [5.74, 6) is 1.58. The number of imidazole rings is 1. The molecule has 2 heteroatoms. The minimum absolute atomic E-state index is 1.11. The van der Waals surface area contributed by atoms with Crippen LogP contribution in [0.25, 0.3) is 0 Å². The first-order valence-corrected chi connectivity index (χ1v) is 18.9. The molecule has 0 spiro atoms. The second-order valence-corrected chi connectivity index (χ2v) is 13.0. The van der Waals surface area contributed by atoms with Crippen LogP contribution in [-0.2, 0) is 19.5 Å². The molecule has 1 heterocycles. The molecule has 0 N–H and O–H groups in total. The monoisotopic (exact) mass is 560 g/mol. The van der Waals surface area contributed by atoms with Crippen molar-refractivity contribution >= 4 is 0 Å². The van der Waals surface area contributed by atoms with E-state index in [0.717, 1.165) is 6.54 Å². The van der Waals surface area contributed by atoms with Gasteiger partial charge in [0.1, 0.15) is 12.4 Å². The van der Waals surface area contributed by atoms with Crippen molar-refractivity contribution in [1.29, 1.82) is 0 Å². The average Bonchev–Trinajstić information content (AvgIpc) is 3.36. The van der Waals surface area contributed by atoms with Gasteiger partial charge in [0.2, 0.25) is 0 Å². The maximum Gasteiger partial charge on any atom is 0.256 e. The van der Waals surface area contributed by atoms with Gasteiger partial charge >= 0.3 is 0 Å². The van der Waals surface area contributed by atoms with E-state index in [1.54, 1.807) is 5.82 Å². The van der Waals surface area contributed by atoms with Crippen molar-refractivity contribution in [2.75, 3.05) is 0 Å². The molecular formula is C38H75N2+. The van der Waals surface area contributed by atoms with Gasteiger partial charge in [0.05, 0.1) is 13.1 Å². The Morgan fingerprint density at radius 1 is 0.425 bits per heavy atom. The van der Waals surface area contributed by atoms with E-state index in [4.69, 9.17) is 0 Å². The Hall–Kier alpha value is -0.790. The highest BCUT2D eigenvalue weighted by Crippen LogP contribution is 2.16. The molecule has 0 aliphatic carbocycles. The highest BCUT2D eigenvalue weighted by molar-refractivity contribution is 4.84. The molecule has 0 atom stereocenters. The Balaban J connectivity index is 1.97. The zero-order valence-corrected chi connectivity index (χ0v) is 28.2. The van der Waals surface area contributed by atoms with Crippen molar-refractivity contribution in [2.45, 2.75) is 226 Å². The highest BCUT2D eigenvalue weighted by atomic mass is 15.1. The third-order valence-electron chi connectivity index (χ3n) is 9.19. The van der Waals surface area contributed by atoms with Crippen molar-refractivity contribution in [3.8, 4) is 0 Å². The van der Waals surface area contributed by atoms with Gasteiger partial charge in [0, 0.05) is 6.42 Å². The summed E-state index contributed by atoms with van der Waals surface area (Å²) in [6, 6.07) is 0. The molecule has 236 valence electrons. The Morgan fingerprint density at radius 3 is 1.10 bits per heavy atom. The molecule has 0 unspecified atom stereocenters. The van der Waals surface area contributed by atoms with Crippen LogP contribution in [0, 0.1) is 0 Å². The lowest BCUT2D eigenvalue weighted by atomic mass is 10.0. The summed E-state index contributed by atoms with van der Waals surface area (Å²) in [5, 5.41) is 0. The summed E-state index contributed by atoms with van der Waals surface area (Å²) in [5.41, 5.74) is 0. The number of nitrogens with zero attached hydrogens (tertiary/aromatic N) is 2. The topological polar surface area (TPSA) is 8.81 Å². The van der Waals surface area contributed by atoms with Crippen LogP contribution in [0.1, 0.15) is 213 Å². The molecule has 1 aromatic rings. The molecular weight excluding hydrogens is 484 g/mol. The number of rotatable bonds is 32. The molecule has 2 nitrogen and oxygen atoms in total. The molecule has 40 heavy (non-hydrogen) atoms. The van der Waals surface area contributed by atoms with Gasteiger partial charge in [-0.15, -0.1) is 0 Å². The zero-order valence-electron chi connectivity index (χ0n) is 28.2. The summed E-state index contributed by atoms with van der Waals surface area (Å²) in [7, 11) is 0. The molecule has 0 fully saturated rings. The summed E-state index contributed by atoms with van der Waals surface area (Å²) in [6.07, 6.45) is 47.8. The first-order chi connectivity index (χ1) is 19.8. The van der Waals surface area contributed by atoms with Crippen LogP contribution in [0.15, 0.2) is 12.4 Å². The molecule has 0 saturated heterocycles. The molecule has 0 aliphatic rings. The zero-order chi connectivity index (χ0) is 28.8. The second kappa shape index (κ2) is 29.7. The summed E-state index contributed by atoms with van der Waals surface area (Å²) >= 11 is 0. The van der Waals surface area contributed by atoms with Gasteiger partial charge in [0.15, 0.2) is 0 Å². The molecule has 0 saturated carbocycles. The van der Waals surface area contributed by atoms with Crippen molar-refractivity contribution in [1.82, 2.24) is 4.57 Å². The Bertz CT molecular complexity index is 619. The van der Waals surface area contributed by atoms with Gasteiger partial charge in [-0.2, -0.15) is 0 Å². The van der Waals surface area contributed by atoms with E-state index in [-0.39, 0.29) is 0 Å². The molecule has 0 bridgehead atoms.